The van der Waals surface area contributed by atoms with E-state index in [1.807, 2.05) is 4.57 Å². The normalized spacial score (nSPS) is 19.4. The van der Waals surface area contributed by atoms with Gasteiger partial charge in [0.25, 0.3) is 0 Å². The van der Waals surface area contributed by atoms with Gasteiger partial charge in [-0.2, -0.15) is 0 Å². The van der Waals surface area contributed by atoms with Gasteiger partial charge in [-0.25, -0.2) is 4.98 Å². The minimum atomic E-state index is -0.967. The summed E-state index contributed by atoms with van der Waals surface area (Å²) in [5.74, 6) is -1.72. The standard InChI is InChI=1S/C11H16N2O3/c1-2-8(11(15)16)10(14)9-5-12-6-13(9)7-3-4-7/h5-8,10,14H,2-4H2,1H3,(H,15,16). The van der Waals surface area contributed by atoms with E-state index >= 15 is 0 Å². The van der Waals surface area contributed by atoms with Crippen molar-refractivity contribution in [2.75, 3.05) is 0 Å². The number of carboxylic acids is 1. The molecule has 2 atom stereocenters. The lowest BCUT2D eigenvalue weighted by molar-refractivity contribution is -0.146. The second-order valence-electron chi connectivity index (χ2n) is 4.25. The average Bonchev–Trinajstić information content (AvgIpc) is 2.96. The summed E-state index contributed by atoms with van der Waals surface area (Å²) in [4.78, 5) is 15.0. The first-order valence-electron chi connectivity index (χ1n) is 5.57. The molecule has 88 valence electrons. The molecule has 1 aromatic rings. The van der Waals surface area contributed by atoms with Crippen molar-refractivity contribution in [2.24, 2.45) is 5.92 Å². The molecule has 16 heavy (non-hydrogen) atoms. The van der Waals surface area contributed by atoms with E-state index in [9.17, 15) is 9.90 Å². The zero-order chi connectivity index (χ0) is 11.7. The van der Waals surface area contributed by atoms with E-state index < -0.39 is 18.0 Å². The smallest absolute Gasteiger partial charge is 0.309 e. The number of aromatic nitrogens is 2. The highest BCUT2D eigenvalue weighted by Gasteiger charge is 2.32. The summed E-state index contributed by atoms with van der Waals surface area (Å²) in [7, 11) is 0. The minimum absolute atomic E-state index is 0.401. The Morgan fingerprint density at radius 2 is 2.38 bits per heavy atom. The summed E-state index contributed by atoms with van der Waals surface area (Å²) in [5.41, 5.74) is 0.622. The Bertz CT molecular complexity index is 384. The molecule has 0 radical (unpaired) electrons. The Morgan fingerprint density at radius 3 is 2.88 bits per heavy atom. The molecule has 2 unspecified atom stereocenters. The topological polar surface area (TPSA) is 75.3 Å². The van der Waals surface area contributed by atoms with Gasteiger partial charge in [0.2, 0.25) is 0 Å². The molecule has 5 heteroatoms. The third-order valence-corrected chi connectivity index (χ3v) is 3.08. The van der Waals surface area contributed by atoms with Crippen molar-refractivity contribution >= 4 is 5.97 Å². The van der Waals surface area contributed by atoms with Crippen LogP contribution in [-0.4, -0.2) is 25.7 Å². The third kappa shape index (κ3) is 1.95. The van der Waals surface area contributed by atoms with Gasteiger partial charge in [0.05, 0.1) is 24.1 Å². The molecule has 1 heterocycles. The van der Waals surface area contributed by atoms with E-state index in [-0.39, 0.29) is 0 Å². The zero-order valence-electron chi connectivity index (χ0n) is 9.21. The molecule has 5 nitrogen and oxygen atoms in total. The Hall–Kier alpha value is -1.36. The molecule has 1 saturated carbocycles. The van der Waals surface area contributed by atoms with Crippen LogP contribution < -0.4 is 0 Å². The van der Waals surface area contributed by atoms with Crippen LogP contribution in [-0.2, 0) is 4.79 Å². The molecular weight excluding hydrogens is 208 g/mol. The number of imidazole rings is 1. The number of hydrogen-bond acceptors (Lipinski definition) is 3. The molecule has 2 N–H and O–H groups in total. The first-order valence-corrected chi connectivity index (χ1v) is 5.57. The molecular formula is C11H16N2O3. The maximum atomic E-state index is 11.0. The van der Waals surface area contributed by atoms with Crippen molar-refractivity contribution in [1.29, 1.82) is 0 Å². The van der Waals surface area contributed by atoms with E-state index in [2.05, 4.69) is 4.98 Å². The molecule has 1 aromatic heterocycles. The second-order valence-corrected chi connectivity index (χ2v) is 4.25. The predicted octanol–water partition coefficient (Wildman–Crippen LogP) is 1.36. The highest BCUT2D eigenvalue weighted by atomic mass is 16.4. The van der Waals surface area contributed by atoms with Crippen LogP contribution in [0.2, 0.25) is 0 Å². The number of carboxylic acid groups (broad SMARTS) is 1. The van der Waals surface area contributed by atoms with Crippen molar-refractivity contribution in [2.45, 2.75) is 38.3 Å². The van der Waals surface area contributed by atoms with Crippen molar-refractivity contribution in [3.8, 4) is 0 Å². The Kier molecular flexibility index (Phi) is 2.96. The fourth-order valence-corrected chi connectivity index (χ4v) is 1.94. The Morgan fingerprint density at radius 1 is 1.69 bits per heavy atom. The van der Waals surface area contributed by atoms with E-state index in [0.29, 0.717) is 18.2 Å². The van der Waals surface area contributed by atoms with Crippen LogP contribution in [0.15, 0.2) is 12.5 Å². The predicted molar refractivity (Wildman–Crippen MR) is 56.9 cm³/mol. The van der Waals surface area contributed by atoms with E-state index in [1.165, 1.54) is 0 Å². The zero-order valence-corrected chi connectivity index (χ0v) is 9.21. The summed E-state index contributed by atoms with van der Waals surface area (Å²) in [6, 6.07) is 0.401. The molecule has 2 rings (SSSR count). The average molecular weight is 224 g/mol. The number of carbonyl (C=O) groups is 1. The first-order chi connectivity index (χ1) is 7.65. The Labute approximate surface area is 93.7 Å². The molecule has 1 fully saturated rings. The van der Waals surface area contributed by atoms with Gasteiger partial charge < -0.3 is 14.8 Å². The Balaban J connectivity index is 2.21. The van der Waals surface area contributed by atoms with Crippen LogP contribution in [0, 0.1) is 5.92 Å². The lowest BCUT2D eigenvalue weighted by atomic mass is 9.97. The van der Waals surface area contributed by atoms with Crippen LogP contribution >= 0.6 is 0 Å². The maximum absolute atomic E-state index is 11.0. The van der Waals surface area contributed by atoms with Gasteiger partial charge in [-0.05, 0) is 19.3 Å². The van der Waals surface area contributed by atoms with Crippen molar-refractivity contribution in [1.82, 2.24) is 9.55 Å². The van der Waals surface area contributed by atoms with Crippen LogP contribution in [0.5, 0.6) is 0 Å². The molecule has 0 amide bonds. The summed E-state index contributed by atoms with van der Waals surface area (Å²) in [6.07, 6.45) is 4.84. The van der Waals surface area contributed by atoms with Crippen LogP contribution in [0.4, 0.5) is 0 Å². The molecule has 1 aliphatic carbocycles. The third-order valence-electron chi connectivity index (χ3n) is 3.08. The number of aliphatic hydroxyl groups is 1. The lowest BCUT2D eigenvalue weighted by Gasteiger charge is -2.18. The fourth-order valence-electron chi connectivity index (χ4n) is 1.94. The maximum Gasteiger partial charge on any atom is 0.309 e. The highest BCUT2D eigenvalue weighted by molar-refractivity contribution is 5.70. The van der Waals surface area contributed by atoms with Gasteiger partial charge >= 0.3 is 5.97 Å². The lowest BCUT2D eigenvalue weighted by Crippen LogP contribution is -2.23. The highest BCUT2D eigenvalue weighted by Crippen LogP contribution is 2.38. The van der Waals surface area contributed by atoms with Gasteiger partial charge in [-0.15, -0.1) is 0 Å². The quantitative estimate of drug-likeness (QED) is 0.791. The van der Waals surface area contributed by atoms with E-state index in [0.717, 1.165) is 12.8 Å². The van der Waals surface area contributed by atoms with Crippen LogP contribution in [0.25, 0.3) is 0 Å². The number of aliphatic carboxylic acids is 1. The summed E-state index contributed by atoms with van der Waals surface area (Å²) >= 11 is 0. The number of hydrogen-bond donors (Lipinski definition) is 2. The van der Waals surface area contributed by atoms with Crippen LogP contribution in [0.3, 0.4) is 0 Å². The number of aliphatic hydroxyl groups excluding tert-OH is 1. The SMILES string of the molecule is CCC(C(=O)O)C(O)c1cncn1C1CC1. The fraction of sp³-hybridized carbons (Fsp3) is 0.636. The number of nitrogens with zero attached hydrogens (tertiary/aromatic N) is 2. The van der Waals surface area contributed by atoms with E-state index in [1.54, 1.807) is 19.4 Å². The van der Waals surface area contributed by atoms with Crippen molar-refractivity contribution in [3.63, 3.8) is 0 Å². The largest absolute Gasteiger partial charge is 0.481 e. The minimum Gasteiger partial charge on any atom is -0.481 e. The van der Waals surface area contributed by atoms with Gasteiger partial charge in [-0.3, -0.25) is 4.79 Å². The molecule has 0 saturated heterocycles. The summed E-state index contributed by atoms with van der Waals surface area (Å²) in [5, 5.41) is 19.1. The van der Waals surface area contributed by atoms with Crippen molar-refractivity contribution in [3.05, 3.63) is 18.2 Å². The molecule has 0 bridgehead atoms. The summed E-state index contributed by atoms with van der Waals surface area (Å²) in [6.45, 7) is 1.76. The molecule has 0 aromatic carbocycles. The van der Waals surface area contributed by atoms with Gasteiger partial charge in [-0.1, -0.05) is 6.92 Å². The van der Waals surface area contributed by atoms with E-state index in [4.69, 9.17) is 5.11 Å². The monoisotopic (exact) mass is 224 g/mol. The molecule has 0 aliphatic heterocycles. The number of rotatable bonds is 5. The van der Waals surface area contributed by atoms with Crippen LogP contribution in [0.1, 0.15) is 44.0 Å². The van der Waals surface area contributed by atoms with Gasteiger partial charge in [0.15, 0.2) is 0 Å². The first kappa shape index (κ1) is 11.1. The van der Waals surface area contributed by atoms with Crippen molar-refractivity contribution < 1.29 is 15.0 Å². The van der Waals surface area contributed by atoms with Gasteiger partial charge in [0.1, 0.15) is 6.10 Å². The molecule has 0 spiro atoms. The summed E-state index contributed by atoms with van der Waals surface area (Å²) < 4.78 is 1.90. The van der Waals surface area contributed by atoms with Gasteiger partial charge in [0, 0.05) is 6.04 Å². The molecule has 1 aliphatic rings. The second kappa shape index (κ2) is 4.25.